The second-order valence-electron chi connectivity index (χ2n) is 4.11. The van der Waals surface area contributed by atoms with E-state index in [1.165, 1.54) is 12.3 Å². The Labute approximate surface area is 101 Å². The molecule has 1 aromatic heterocycles. The number of rotatable bonds is 6. The molecule has 1 heterocycles. The van der Waals surface area contributed by atoms with Crippen molar-refractivity contribution in [3.05, 3.63) is 29.8 Å². The summed E-state index contributed by atoms with van der Waals surface area (Å²) in [5.41, 5.74) is 0.000101. The molecule has 17 heavy (non-hydrogen) atoms. The average molecular weight is 239 g/mol. The van der Waals surface area contributed by atoms with Gasteiger partial charge in [0.25, 0.3) is 5.91 Å². The van der Waals surface area contributed by atoms with E-state index in [2.05, 4.69) is 15.2 Å². The third-order valence-electron chi connectivity index (χ3n) is 2.32. The molecular weight excluding hydrogens is 221 g/mol. The zero-order valence-electron chi connectivity index (χ0n) is 10.2. The Hall–Kier alpha value is -1.49. The largest absolute Gasteiger partial charge is 0.352 e. The molecule has 1 N–H and O–H groups in total. The summed E-state index contributed by atoms with van der Waals surface area (Å²) in [5, 5.41) is 2.68. The number of pyridine rings is 1. The summed E-state index contributed by atoms with van der Waals surface area (Å²) in [6, 6.07) is 2.97. The maximum atomic E-state index is 13.1. The lowest BCUT2D eigenvalue weighted by atomic mass is 10.2. The molecule has 94 valence electrons. The Bertz CT molecular complexity index is 369. The smallest absolute Gasteiger partial charge is 0.255 e. The van der Waals surface area contributed by atoms with Crippen molar-refractivity contribution in [2.75, 3.05) is 27.2 Å². The van der Waals surface area contributed by atoms with Crippen molar-refractivity contribution >= 4 is 5.91 Å². The van der Waals surface area contributed by atoms with E-state index in [1.54, 1.807) is 6.07 Å². The second-order valence-corrected chi connectivity index (χ2v) is 4.11. The van der Waals surface area contributed by atoms with Crippen LogP contribution in [-0.2, 0) is 0 Å². The van der Waals surface area contributed by atoms with Gasteiger partial charge in [0.15, 0.2) is 0 Å². The van der Waals surface area contributed by atoms with Crippen LogP contribution in [0.1, 0.15) is 23.2 Å². The summed E-state index contributed by atoms with van der Waals surface area (Å²) in [6.07, 6.45) is 3.21. The van der Waals surface area contributed by atoms with E-state index in [1.807, 2.05) is 14.1 Å². The van der Waals surface area contributed by atoms with Gasteiger partial charge in [-0.1, -0.05) is 0 Å². The molecule has 0 unspecified atom stereocenters. The van der Waals surface area contributed by atoms with Crippen LogP contribution in [0.2, 0.25) is 0 Å². The molecule has 5 heteroatoms. The van der Waals surface area contributed by atoms with Crippen LogP contribution in [0.15, 0.2) is 18.3 Å². The maximum absolute atomic E-state index is 13.1. The molecule has 0 radical (unpaired) electrons. The van der Waals surface area contributed by atoms with Gasteiger partial charge >= 0.3 is 0 Å². The summed E-state index contributed by atoms with van der Waals surface area (Å²) < 4.78 is 13.1. The van der Waals surface area contributed by atoms with Gasteiger partial charge < -0.3 is 10.2 Å². The Morgan fingerprint density at radius 2 is 2.24 bits per heavy atom. The van der Waals surface area contributed by atoms with Gasteiger partial charge in [0, 0.05) is 12.7 Å². The van der Waals surface area contributed by atoms with E-state index in [0.29, 0.717) is 6.54 Å². The van der Waals surface area contributed by atoms with Gasteiger partial charge in [-0.25, -0.2) is 4.98 Å². The summed E-state index contributed by atoms with van der Waals surface area (Å²) in [7, 11) is 4.01. The fourth-order valence-corrected chi connectivity index (χ4v) is 1.41. The summed E-state index contributed by atoms with van der Waals surface area (Å²) in [6.45, 7) is 1.54. The van der Waals surface area contributed by atoms with E-state index in [-0.39, 0.29) is 5.56 Å². The first-order valence-corrected chi connectivity index (χ1v) is 5.64. The molecule has 0 aliphatic rings. The lowest BCUT2D eigenvalue weighted by Crippen LogP contribution is -2.26. The highest BCUT2D eigenvalue weighted by Crippen LogP contribution is 2.02. The van der Waals surface area contributed by atoms with E-state index in [4.69, 9.17) is 0 Å². The minimum atomic E-state index is -0.724. The molecular formula is C12H18FN3O. The number of amides is 1. The van der Waals surface area contributed by atoms with Crippen molar-refractivity contribution in [3.8, 4) is 0 Å². The highest BCUT2D eigenvalue weighted by molar-refractivity contribution is 5.94. The van der Waals surface area contributed by atoms with E-state index >= 15 is 0 Å². The van der Waals surface area contributed by atoms with Gasteiger partial charge in [0.2, 0.25) is 5.95 Å². The van der Waals surface area contributed by atoms with Crippen molar-refractivity contribution in [1.82, 2.24) is 15.2 Å². The highest BCUT2D eigenvalue weighted by atomic mass is 19.1. The lowest BCUT2D eigenvalue weighted by Gasteiger charge is -2.09. The number of hydrogen-bond acceptors (Lipinski definition) is 3. The molecule has 0 bridgehead atoms. The molecule has 0 aliphatic heterocycles. The molecule has 1 aromatic rings. The number of nitrogens with one attached hydrogen (secondary N) is 1. The number of carbonyl (C=O) groups is 1. The van der Waals surface area contributed by atoms with Crippen molar-refractivity contribution in [2.45, 2.75) is 12.8 Å². The first-order chi connectivity index (χ1) is 8.11. The van der Waals surface area contributed by atoms with Gasteiger partial charge in [-0.05, 0) is 45.6 Å². The number of unbranched alkanes of at least 4 members (excludes halogenated alkanes) is 1. The van der Waals surface area contributed by atoms with Gasteiger partial charge in [-0.2, -0.15) is 4.39 Å². The van der Waals surface area contributed by atoms with E-state index in [9.17, 15) is 9.18 Å². The van der Waals surface area contributed by atoms with Crippen LogP contribution in [-0.4, -0.2) is 43.0 Å². The summed E-state index contributed by atoms with van der Waals surface area (Å²) in [4.78, 5) is 17.1. The molecule has 1 rings (SSSR count). The number of aromatic nitrogens is 1. The maximum Gasteiger partial charge on any atom is 0.255 e. The minimum Gasteiger partial charge on any atom is -0.352 e. The first kappa shape index (κ1) is 13.6. The zero-order chi connectivity index (χ0) is 12.7. The zero-order valence-corrected chi connectivity index (χ0v) is 10.2. The van der Waals surface area contributed by atoms with Crippen LogP contribution in [0, 0.1) is 5.95 Å². The fraction of sp³-hybridized carbons (Fsp3) is 0.500. The molecule has 4 nitrogen and oxygen atoms in total. The fourth-order valence-electron chi connectivity index (χ4n) is 1.41. The van der Waals surface area contributed by atoms with E-state index in [0.717, 1.165) is 19.4 Å². The first-order valence-electron chi connectivity index (χ1n) is 5.64. The van der Waals surface area contributed by atoms with Crippen molar-refractivity contribution in [2.24, 2.45) is 0 Å². The SMILES string of the molecule is CN(C)CCCCNC(=O)c1cccnc1F. The predicted molar refractivity (Wildman–Crippen MR) is 64.3 cm³/mol. The normalized spacial score (nSPS) is 10.6. The second kappa shape index (κ2) is 6.96. The van der Waals surface area contributed by atoms with Gasteiger partial charge in [-0.3, -0.25) is 4.79 Å². The van der Waals surface area contributed by atoms with Crippen molar-refractivity contribution in [1.29, 1.82) is 0 Å². The molecule has 1 amide bonds. The lowest BCUT2D eigenvalue weighted by molar-refractivity contribution is 0.0948. The van der Waals surface area contributed by atoms with Crippen LogP contribution in [0.3, 0.4) is 0 Å². The Kier molecular flexibility index (Phi) is 5.56. The minimum absolute atomic E-state index is 0.000101. The molecule has 0 saturated carbocycles. The average Bonchev–Trinajstić information content (AvgIpc) is 2.28. The van der Waals surface area contributed by atoms with Crippen LogP contribution in [0.5, 0.6) is 0 Å². The Balaban J connectivity index is 2.29. The Morgan fingerprint density at radius 3 is 2.88 bits per heavy atom. The Morgan fingerprint density at radius 1 is 1.47 bits per heavy atom. The van der Waals surface area contributed by atoms with Crippen LogP contribution in [0.25, 0.3) is 0 Å². The van der Waals surface area contributed by atoms with E-state index < -0.39 is 11.9 Å². The number of carbonyl (C=O) groups excluding carboxylic acids is 1. The molecule has 0 atom stereocenters. The van der Waals surface area contributed by atoms with Crippen molar-refractivity contribution in [3.63, 3.8) is 0 Å². The molecule has 0 aliphatic carbocycles. The third-order valence-corrected chi connectivity index (χ3v) is 2.32. The monoisotopic (exact) mass is 239 g/mol. The van der Waals surface area contributed by atoms with Crippen LogP contribution in [0.4, 0.5) is 4.39 Å². The van der Waals surface area contributed by atoms with Crippen LogP contribution >= 0.6 is 0 Å². The van der Waals surface area contributed by atoms with Crippen molar-refractivity contribution < 1.29 is 9.18 Å². The summed E-state index contributed by atoms with van der Waals surface area (Å²) >= 11 is 0. The number of hydrogen-bond donors (Lipinski definition) is 1. The molecule has 0 fully saturated rings. The highest BCUT2D eigenvalue weighted by Gasteiger charge is 2.10. The topological polar surface area (TPSA) is 45.2 Å². The standard InChI is InChI=1S/C12H18FN3O/c1-16(2)9-4-3-7-15-12(17)10-6-5-8-14-11(10)13/h5-6,8H,3-4,7,9H2,1-2H3,(H,15,17). The molecule has 0 saturated heterocycles. The number of halogens is 1. The number of nitrogens with zero attached hydrogens (tertiary/aromatic N) is 2. The predicted octanol–water partition coefficient (Wildman–Crippen LogP) is 1.29. The van der Waals surface area contributed by atoms with Crippen LogP contribution < -0.4 is 5.32 Å². The third kappa shape index (κ3) is 4.91. The van der Waals surface area contributed by atoms with Gasteiger partial charge in [0.1, 0.15) is 0 Å². The summed E-state index contributed by atoms with van der Waals surface area (Å²) in [5.74, 6) is -1.13. The van der Waals surface area contributed by atoms with Gasteiger partial charge in [-0.15, -0.1) is 0 Å². The quantitative estimate of drug-likeness (QED) is 0.601. The van der Waals surface area contributed by atoms with Gasteiger partial charge in [0.05, 0.1) is 5.56 Å². The molecule has 0 aromatic carbocycles. The molecule has 0 spiro atoms.